The molecular formula is C14H25BrN4. The first-order valence-corrected chi connectivity index (χ1v) is 7.90. The first-order chi connectivity index (χ1) is 8.99. The highest BCUT2D eigenvalue weighted by Gasteiger charge is 2.30. The Bertz CT molecular complexity index is 416. The molecule has 5 heteroatoms. The summed E-state index contributed by atoms with van der Waals surface area (Å²) in [5, 5.41) is 4.46. The van der Waals surface area contributed by atoms with Crippen molar-refractivity contribution < 1.29 is 0 Å². The third kappa shape index (κ3) is 3.58. The molecule has 3 unspecified atom stereocenters. The summed E-state index contributed by atoms with van der Waals surface area (Å²) >= 11 is 3.61. The van der Waals surface area contributed by atoms with Gasteiger partial charge in [-0.2, -0.15) is 5.10 Å². The zero-order valence-electron chi connectivity index (χ0n) is 12.1. The normalized spacial score (nSPS) is 25.2. The minimum atomic E-state index is 0.101. The molecule has 0 aromatic carbocycles. The van der Waals surface area contributed by atoms with Gasteiger partial charge in [-0.15, -0.1) is 0 Å². The predicted octanol–water partition coefficient (Wildman–Crippen LogP) is 2.64. The molecule has 1 aliphatic rings. The fourth-order valence-corrected chi connectivity index (χ4v) is 3.54. The SMILES string of the molecule is CC1CCC(C(N)c2c(Br)cnn2CCN(C)C)C1. The van der Waals surface area contributed by atoms with E-state index in [1.807, 2.05) is 6.20 Å². The molecule has 0 saturated heterocycles. The number of aromatic nitrogens is 2. The Morgan fingerprint density at radius 3 is 2.84 bits per heavy atom. The topological polar surface area (TPSA) is 47.1 Å². The van der Waals surface area contributed by atoms with E-state index in [0.717, 1.165) is 23.5 Å². The molecule has 0 bridgehead atoms. The van der Waals surface area contributed by atoms with Crippen LogP contribution in [-0.2, 0) is 6.54 Å². The number of rotatable bonds is 5. The maximum atomic E-state index is 6.51. The lowest BCUT2D eigenvalue weighted by Crippen LogP contribution is -2.26. The molecule has 0 amide bonds. The highest BCUT2D eigenvalue weighted by molar-refractivity contribution is 9.10. The Morgan fingerprint density at radius 1 is 1.53 bits per heavy atom. The minimum Gasteiger partial charge on any atom is -0.322 e. The first-order valence-electron chi connectivity index (χ1n) is 7.10. The predicted molar refractivity (Wildman–Crippen MR) is 81.9 cm³/mol. The number of halogens is 1. The number of nitrogens with two attached hydrogens (primary N) is 1. The van der Waals surface area contributed by atoms with E-state index in [4.69, 9.17) is 5.73 Å². The summed E-state index contributed by atoms with van der Waals surface area (Å²) < 4.78 is 3.12. The van der Waals surface area contributed by atoms with Crippen molar-refractivity contribution in [3.8, 4) is 0 Å². The van der Waals surface area contributed by atoms with Gasteiger partial charge in [0.25, 0.3) is 0 Å². The number of hydrogen-bond acceptors (Lipinski definition) is 3. The van der Waals surface area contributed by atoms with Gasteiger partial charge in [-0.25, -0.2) is 0 Å². The van der Waals surface area contributed by atoms with Crippen molar-refractivity contribution in [3.63, 3.8) is 0 Å². The van der Waals surface area contributed by atoms with Crippen LogP contribution < -0.4 is 5.73 Å². The summed E-state index contributed by atoms with van der Waals surface area (Å²) in [4.78, 5) is 2.17. The van der Waals surface area contributed by atoms with Gasteiger partial charge in [0.1, 0.15) is 0 Å². The van der Waals surface area contributed by atoms with Crippen LogP contribution in [0.5, 0.6) is 0 Å². The molecule has 0 aliphatic heterocycles. The Labute approximate surface area is 124 Å². The molecule has 19 heavy (non-hydrogen) atoms. The monoisotopic (exact) mass is 328 g/mol. The van der Waals surface area contributed by atoms with Crippen molar-refractivity contribution in [1.29, 1.82) is 0 Å². The van der Waals surface area contributed by atoms with Gasteiger partial charge in [0.05, 0.1) is 29.0 Å². The lowest BCUT2D eigenvalue weighted by molar-refractivity contribution is 0.351. The van der Waals surface area contributed by atoms with E-state index >= 15 is 0 Å². The average Bonchev–Trinajstić information content (AvgIpc) is 2.92. The highest BCUT2D eigenvalue weighted by atomic mass is 79.9. The Balaban J connectivity index is 2.11. The zero-order chi connectivity index (χ0) is 14.0. The highest BCUT2D eigenvalue weighted by Crippen LogP contribution is 2.39. The van der Waals surface area contributed by atoms with Crippen LogP contribution in [0.2, 0.25) is 0 Å². The van der Waals surface area contributed by atoms with Crippen molar-refractivity contribution >= 4 is 15.9 Å². The Kier molecular flexibility index (Phi) is 5.03. The van der Waals surface area contributed by atoms with Crippen molar-refractivity contribution in [2.24, 2.45) is 17.6 Å². The Morgan fingerprint density at radius 2 is 2.26 bits per heavy atom. The van der Waals surface area contributed by atoms with Crippen LogP contribution in [0.25, 0.3) is 0 Å². The van der Waals surface area contributed by atoms with Crippen LogP contribution in [0.4, 0.5) is 0 Å². The van der Waals surface area contributed by atoms with Gasteiger partial charge in [-0.3, -0.25) is 4.68 Å². The molecule has 1 saturated carbocycles. The van der Waals surface area contributed by atoms with Gasteiger partial charge in [-0.1, -0.05) is 13.3 Å². The summed E-state index contributed by atoms with van der Waals surface area (Å²) in [5.41, 5.74) is 7.68. The molecule has 2 rings (SSSR count). The summed E-state index contributed by atoms with van der Waals surface area (Å²) in [7, 11) is 4.16. The quantitative estimate of drug-likeness (QED) is 0.903. The Hall–Kier alpha value is -0.390. The summed E-state index contributed by atoms with van der Waals surface area (Å²) in [6, 6.07) is 0.101. The molecule has 1 aliphatic carbocycles. The third-order valence-corrected chi connectivity index (χ3v) is 4.76. The van der Waals surface area contributed by atoms with Crippen LogP contribution >= 0.6 is 15.9 Å². The van der Waals surface area contributed by atoms with Gasteiger partial charge >= 0.3 is 0 Å². The van der Waals surface area contributed by atoms with Crippen LogP contribution in [0.3, 0.4) is 0 Å². The maximum absolute atomic E-state index is 6.51. The van der Waals surface area contributed by atoms with Crippen molar-refractivity contribution in [1.82, 2.24) is 14.7 Å². The van der Waals surface area contributed by atoms with Gasteiger partial charge in [0, 0.05) is 6.54 Å². The van der Waals surface area contributed by atoms with E-state index in [1.54, 1.807) is 0 Å². The van der Waals surface area contributed by atoms with E-state index in [9.17, 15) is 0 Å². The lowest BCUT2D eigenvalue weighted by atomic mass is 9.95. The molecule has 4 nitrogen and oxygen atoms in total. The standard InChI is InChI=1S/C14H25BrN4/c1-10-4-5-11(8-10)13(16)14-12(15)9-17-19(14)7-6-18(2)3/h9-11,13H,4-8,16H2,1-3H3. The molecule has 1 aromatic heterocycles. The van der Waals surface area contributed by atoms with E-state index in [1.165, 1.54) is 25.0 Å². The molecule has 0 radical (unpaired) electrons. The molecule has 0 spiro atoms. The van der Waals surface area contributed by atoms with E-state index in [0.29, 0.717) is 5.92 Å². The molecule has 1 heterocycles. The van der Waals surface area contributed by atoms with E-state index < -0.39 is 0 Å². The van der Waals surface area contributed by atoms with Crippen LogP contribution in [0.15, 0.2) is 10.7 Å². The van der Waals surface area contributed by atoms with E-state index in [2.05, 4.69) is 51.6 Å². The lowest BCUT2D eigenvalue weighted by Gasteiger charge is -2.22. The minimum absolute atomic E-state index is 0.101. The zero-order valence-corrected chi connectivity index (χ0v) is 13.7. The smallest absolute Gasteiger partial charge is 0.0696 e. The van der Waals surface area contributed by atoms with Gasteiger partial charge in [0.2, 0.25) is 0 Å². The second-order valence-electron chi connectivity index (χ2n) is 6.11. The fraction of sp³-hybridized carbons (Fsp3) is 0.786. The molecular weight excluding hydrogens is 304 g/mol. The van der Waals surface area contributed by atoms with Crippen LogP contribution in [0.1, 0.15) is 37.9 Å². The number of nitrogens with zero attached hydrogens (tertiary/aromatic N) is 3. The summed E-state index contributed by atoms with van der Waals surface area (Å²) in [5.74, 6) is 1.41. The largest absolute Gasteiger partial charge is 0.322 e. The second kappa shape index (κ2) is 6.37. The average molecular weight is 329 g/mol. The van der Waals surface area contributed by atoms with Crippen LogP contribution in [-0.4, -0.2) is 35.3 Å². The van der Waals surface area contributed by atoms with E-state index in [-0.39, 0.29) is 6.04 Å². The second-order valence-corrected chi connectivity index (χ2v) is 6.96. The van der Waals surface area contributed by atoms with Crippen molar-refractivity contribution in [2.75, 3.05) is 20.6 Å². The number of hydrogen-bond donors (Lipinski definition) is 1. The molecule has 1 fully saturated rings. The van der Waals surface area contributed by atoms with Gasteiger partial charge in [0.15, 0.2) is 0 Å². The number of likely N-dealkylation sites (N-methyl/N-ethyl adjacent to an activating group) is 1. The van der Waals surface area contributed by atoms with Gasteiger partial charge in [-0.05, 0) is 54.7 Å². The first kappa shape index (κ1) is 15.0. The fourth-order valence-electron chi connectivity index (χ4n) is 2.98. The summed E-state index contributed by atoms with van der Waals surface area (Å²) in [6.45, 7) is 4.20. The summed E-state index contributed by atoms with van der Waals surface area (Å²) in [6.07, 6.45) is 5.67. The third-order valence-electron chi connectivity index (χ3n) is 4.15. The molecule has 2 N–H and O–H groups in total. The van der Waals surface area contributed by atoms with Gasteiger partial charge < -0.3 is 10.6 Å². The van der Waals surface area contributed by atoms with Crippen molar-refractivity contribution in [2.45, 2.75) is 38.8 Å². The van der Waals surface area contributed by atoms with Crippen molar-refractivity contribution in [3.05, 3.63) is 16.4 Å². The molecule has 108 valence electrons. The van der Waals surface area contributed by atoms with Crippen LogP contribution in [0, 0.1) is 11.8 Å². The molecule has 1 aromatic rings. The maximum Gasteiger partial charge on any atom is 0.0696 e. The molecule has 3 atom stereocenters.